The standard InChI is InChI=1S/C14H15N3O.2ClH/c1-2-12(13-10-15-8-9-16-13)14(18)17-11-6-4-3-5-7-11;;/h3-10,12H,2H2,1H3,(H,17,18);2*1H. The quantitative estimate of drug-likeness (QED) is 0.940. The summed E-state index contributed by atoms with van der Waals surface area (Å²) in [5, 5.41) is 2.88. The van der Waals surface area contributed by atoms with Crippen molar-refractivity contribution in [3.05, 3.63) is 54.6 Å². The van der Waals surface area contributed by atoms with E-state index in [1.54, 1.807) is 18.6 Å². The van der Waals surface area contributed by atoms with Gasteiger partial charge >= 0.3 is 0 Å². The van der Waals surface area contributed by atoms with Crippen LogP contribution in [0.5, 0.6) is 0 Å². The van der Waals surface area contributed by atoms with Crippen molar-refractivity contribution in [1.29, 1.82) is 0 Å². The first kappa shape index (κ1) is 18.4. The van der Waals surface area contributed by atoms with E-state index in [0.717, 1.165) is 5.69 Å². The highest BCUT2D eigenvalue weighted by Gasteiger charge is 2.20. The molecule has 2 aromatic rings. The van der Waals surface area contributed by atoms with Crippen LogP contribution in [0, 0.1) is 0 Å². The molecule has 0 saturated carbocycles. The molecular weight excluding hydrogens is 297 g/mol. The minimum absolute atomic E-state index is 0. The van der Waals surface area contributed by atoms with E-state index in [2.05, 4.69) is 15.3 Å². The fourth-order valence-corrected chi connectivity index (χ4v) is 1.77. The molecule has 1 aromatic carbocycles. The molecule has 0 fully saturated rings. The summed E-state index contributed by atoms with van der Waals surface area (Å²) < 4.78 is 0. The van der Waals surface area contributed by atoms with Crippen LogP contribution in [0.15, 0.2) is 48.9 Å². The molecule has 0 saturated heterocycles. The Labute approximate surface area is 130 Å². The Morgan fingerprint density at radius 3 is 2.45 bits per heavy atom. The van der Waals surface area contributed by atoms with Crippen LogP contribution >= 0.6 is 24.8 Å². The van der Waals surface area contributed by atoms with Gasteiger partial charge in [-0.1, -0.05) is 25.1 Å². The summed E-state index contributed by atoms with van der Waals surface area (Å²) in [4.78, 5) is 20.4. The number of hydrogen-bond acceptors (Lipinski definition) is 3. The zero-order valence-corrected chi connectivity index (χ0v) is 12.7. The van der Waals surface area contributed by atoms with Gasteiger partial charge in [-0.2, -0.15) is 0 Å². The molecule has 1 amide bonds. The molecule has 1 aromatic heterocycles. The summed E-state index contributed by atoms with van der Waals surface area (Å²) in [6.45, 7) is 1.96. The maximum absolute atomic E-state index is 12.2. The van der Waals surface area contributed by atoms with E-state index in [4.69, 9.17) is 0 Å². The lowest BCUT2D eigenvalue weighted by molar-refractivity contribution is -0.117. The Hall–Kier alpha value is -1.65. The van der Waals surface area contributed by atoms with Crippen LogP contribution in [0.1, 0.15) is 25.0 Å². The number of nitrogens with one attached hydrogen (secondary N) is 1. The van der Waals surface area contributed by atoms with E-state index >= 15 is 0 Å². The van der Waals surface area contributed by atoms with Gasteiger partial charge in [0.05, 0.1) is 11.6 Å². The molecule has 4 nitrogen and oxygen atoms in total. The second-order valence-corrected chi connectivity index (χ2v) is 3.95. The summed E-state index contributed by atoms with van der Waals surface area (Å²) in [5.41, 5.74) is 1.50. The van der Waals surface area contributed by atoms with Gasteiger partial charge < -0.3 is 5.32 Å². The van der Waals surface area contributed by atoms with Crippen LogP contribution in [-0.2, 0) is 4.79 Å². The Kier molecular flexibility index (Phi) is 8.52. The normalized spacial score (nSPS) is 10.7. The van der Waals surface area contributed by atoms with Gasteiger partial charge in [-0.25, -0.2) is 0 Å². The molecule has 108 valence electrons. The van der Waals surface area contributed by atoms with Gasteiger partial charge in [-0.3, -0.25) is 14.8 Å². The SMILES string of the molecule is CCC(C(=O)Nc1ccccc1)c1cnccn1.Cl.Cl. The average Bonchev–Trinajstić information content (AvgIpc) is 2.42. The van der Waals surface area contributed by atoms with Crippen LogP contribution < -0.4 is 5.32 Å². The number of nitrogens with zero attached hydrogens (tertiary/aromatic N) is 2. The first-order valence-electron chi connectivity index (χ1n) is 5.93. The largest absolute Gasteiger partial charge is 0.326 e. The predicted octanol–water partition coefficient (Wildman–Crippen LogP) is 3.45. The second-order valence-electron chi connectivity index (χ2n) is 3.95. The van der Waals surface area contributed by atoms with Crippen LogP contribution in [0.4, 0.5) is 5.69 Å². The third-order valence-electron chi connectivity index (χ3n) is 2.71. The van der Waals surface area contributed by atoms with Gasteiger partial charge in [-0.05, 0) is 18.6 Å². The highest BCUT2D eigenvalue weighted by atomic mass is 35.5. The molecule has 6 heteroatoms. The number of carbonyl (C=O) groups excluding carboxylic acids is 1. The number of carbonyl (C=O) groups is 1. The van der Waals surface area contributed by atoms with Gasteiger partial charge in [0.25, 0.3) is 0 Å². The number of halogens is 2. The Morgan fingerprint density at radius 2 is 1.90 bits per heavy atom. The van der Waals surface area contributed by atoms with E-state index in [1.165, 1.54) is 0 Å². The summed E-state index contributed by atoms with van der Waals surface area (Å²) in [6, 6.07) is 9.41. The third-order valence-corrected chi connectivity index (χ3v) is 2.71. The molecule has 2 rings (SSSR count). The maximum Gasteiger partial charge on any atom is 0.233 e. The van der Waals surface area contributed by atoms with Gasteiger partial charge in [0.2, 0.25) is 5.91 Å². The van der Waals surface area contributed by atoms with Crippen molar-refractivity contribution in [3.63, 3.8) is 0 Å². The lowest BCUT2D eigenvalue weighted by Gasteiger charge is -2.13. The van der Waals surface area contributed by atoms with Crippen LogP contribution in [-0.4, -0.2) is 15.9 Å². The molecule has 1 heterocycles. The topological polar surface area (TPSA) is 54.9 Å². The zero-order valence-electron chi connectivity index (χ0n) is 11.0. The number of amides is 1. The summed E-state index contributed by atoms with van der Waals surface area (Å²) in [6.07, 6.45) is 5.54. The summed E-state index contributed by atoms with van der Waals surface area (Å²) >= 11 is 0. The molecule has 0 spiro atoms. The second kappa shape index (κ2) is 9.28. The third kappa shape index (κ3) is 4.79. The monoisotopic (exact) mass is 313 g/mol. The van der Waals surface area contributed by atoms with E-state index in [1.807, 2.05) is 37.3 Å². The van der Waals surface area contributed by atoms with Crippen LogP contribution in [0.3, 0.4) is 0 Å². The fraction of sp³-hybridized carbons (Fsp3) is 0.214. The first-order chi connectivity index (χ1) is 8.81. The fourth-order valence-electron chi connectivity index (χ4n) is 1.77. The molecule has 1 N–H and O–H groups in total. The van der Waals surface area contributed by atoms with Crippen LogP contribution in [0.2, 0.25) is 0 Å². The van der Waals surface area contributed by atoms with Crippen molar-refractivity contribution in [2.24, 2.45) is 0 Å². The Balaban J connectivity index is 0.00000180. The maximum atomic E-state index is 12.2. The van der Waals surface area contributed by atoms with Crippen molar-refractivity contribution >= 4 is 36.4 Å². The van der Waals surface area contributed by atoms with E-state index < -0.39 is 0 Å². The number of anilines is 1. The van der Waals surface area contributed by atoms with Crippen molar-refractivity contribution in [1.82, 2.24) is 9.97 Å². The van der Waals surface area contributed by atoms with Crippen molar-refractivity contribution in [3.8, 4) is 0 Å². The number of rotatable bonds is 4. The van der Waals surface area contributed by atoms with E-state index in [9.17, 15) is 4.79 Å². The van der Waals surface area contributed by atoms with Crippen molar-refractivity contribution < 1.29 is 4.79 Å². The molecule has 0 aliphatic heterocycles. The average molecular weight is 314 g/mol. The molecule has 0 aliphatic carbocycles. The van der Waals surface area contributed by atoms with Gasteiger partial charge in [-0.15, -0.1) is 24.8 Å². The van der Waals surface area contributed by atoms with Gasteiger partial charge in [0, 0.05) is 24.3 Å². The number of aromatic nitrogens is 2. The highest BCUT2D eigenvalue weighted by molar-refractivity contribution is 5.95. The summed E-state index contributed by atoms with van der Waals surface area (Å²) in [7, 11) is 0. The predicted molar refractivity (Wildman–Crippen MR) is 84.6 cm³/mol. The first-order valence-corrected chi connectivity index (χ1v) is 5.93. The smallest absolute Gasteiger partial charge is 0.233 e. The number of benzene rings is 1. The molecule has 20 heavy (non-hydrogen) atoms. The number of para-hydroxylation sites is 1. The molecule has 1 unspecified atom stereocenters. The Morgan fingerprint density at radius 1 is 1.20 bits per heavy atom. The lowest BCUT2D eigenvalue weighted by atomic mass is 10.0. The van der Waals surface area contributed by atoms with E-state index in [-0.39, 0.29) is 36.6 Å². The molecule has 1 atom stereocenters. The van der Waals surface area contributed by atoms with Gasteiger partial charge in [0.1, 0.15) is 0 Å². The van der Waals surface area contributed by atoms with E-state index in [0.29, 0.717) is 12.1 Å². The molecule has 0 radical (unpaired) electrons. The Bertz CT molecular complexity index is 508. The zero-order chi connectivity index (χ0) is 12.8. The van der Waals surface area contributed by atoms with Crippen LogP contribution in [0.25, 0.3) is 0 Å². The highest BCUT2D eigenvalue weighted by Crippen LogP contribution is 2.18. The number of hydrogen-bond donors (Lipinski definition) is 1. The minimum atomic E-state index is -0.265. The minimum Gasteiger partial charge on any atom is -0.326 e. The van der Waals surface area contributed by atoms with Crippen molar-refractivity contribution in [2.45, 2.75) is 19.3 Å². The molecular formula is C14H17Cl2N3O. The summed E-state index contributed by atoms with van der Waals surface area (Å²) in [5.74, 6) is -0.317. The molecule has 0 bridgehead atoms. The molecule has 0 aliphatic rings. The lowest BCUT2D eigenvalue weighted by Crippen LogP contribution is -2.21. The van der Waals surface area contributed by atoms with Gasteiger partial charge in [0.15, 0.2) is 0 Å². The van der Waals surface area contributed by atoms with Crippen molar-refractivity contribution in [2.75, 3.05) is 5.32 Å².